The smallest absolute Gasteiger partial charge is 0.243 e. The fourth-order valence-electron chi connectivity index (χ4n) is 4.97. The number of halogens is 1. The summed E-state index contributed by atoms with van der Waals surface area (Å²) in [7, 11) is -2.57. The lowest BCUT2D eigenvalue weighted by Gasteiger charge is -2.32. The fourth-order valence-corrected chi connectivity index (χ4v) is 6.32. The highest BCUT2D eigenvalue weighted by atomic mass is 35.5. The number of carbonyl (C=O) groups is 2. The Balaban J connectivity index is 1.58. The highest BCUT2D eigenvalue weighted by molar-refractivity contribution is 7.89. The number of nitrogens with zero attached hydrogens (tertiary/aromatic N) is 2. The minimum atomic E-state index is -3.95. The van der Waals surface area contributed by atoms with Crippen LogP contribution in [-0.2, 0) is 26.2 Å². The highest BCUT2D eigenvalue weighted by Gasteiger charge is 2.33. The molecule has 0 spiro atoms. The molecule has 1 atom stereocenters. The zero-order valence-electron chi connectivity index (χ0n) is 21.8. The van der Waals surface area contributed by atoms with Crippen molar-refractivity contribution in [2.24, 2.45) is 0 Å². The number of carbonyl (C=O) groups excluding carboxylic acids is 2. The van der Waals surface area contributed by atoms with E-state index in [1.807, 2.05) is 37.3 Å². The minimum Gasteiger partial charge on any atom is -0.352 e. The number of rotatable bonds is 10. The quantitative estimate of drug-likeness (QED) is 0.382. The van der Waals surface area contributed by atoms with Gasteiger partial charge in [-0.25, -0.2) is 8.42 Å². The van der Waals surface area contributed by atoms with Gasteiger partial charge in [-0.05, 0) is 53.8 Å². The monoisotopic (exact) mass is 555 g/mol. The SMILES string of the molecule is CC[C@@H](C(=O)NC1CCCC1)N(Cc1ccccc1Cl)C(=O)CN(C)S(=O)(=O)c1ccc2ccccc2c1. The third-order valence-corrected chi connectivity index (χ3v) is 9.34. The summed E-state index contributed by atoms with van der Waals surface area (Å²) < 4.78 is 27.9. The van der Waals surface area contributed by atoms with Crippen molar-refractivity contribution in [2.45, 2.75) is 62.6 Å². The molecule has 2 amide bonds. The molecule has 4 rings (SSSR count). The molecule has 3 aromatic carbocycles. The second-order valence-corrected chi connectivity index (χ2v) is 12.2. The molecule has 1 fully saturated rings. The molecule has 0 heterocycles. The van der Waals surface area contributed by atoms with Crippen molar-refractivity contribution >= 4 is 44.2 Å². The zero-order chi connectivity index (χ0) is 27.3. The summed E-state index contributed by atoms with van der Waals surface area (Å²) in [6, 6.07) is 18.9. The van der Waals surface area contributed by atoms with Gasteiger partial charge in [-0.1, -0.05) is 79.9 Å². The first kappa shape index (κ1) is 28.1. The van der Waals surface area contributed by atoms with Crippen LogP contribution in [0.1, 0.15) is 44.6 Å². The van der Waals surface area contributed by atoms with Crippen molar-refractivity contribution < 1.29 is 18.0 Å². The number of likely N-dealkylation sites (N-methyl/N-ethyl adjacent to an activating group) is 1. The molecule has 9 heteroatoms. The number of hydrogen-bond acceptors (Lipinski definition) is 4. The van der Waals surface area contributed by atoms with Gasteiger partial charge in [-0.3, -0.25) is 9.59 Å². The normalized spacial score (nSPS) is 15.1. The minimum absolute atomic E-state index is 0.0962. The molecule has 1 aliphatic carbocycles. The lowest BCUT2D eigenvalue weighted by Crippen LogP contribution is -2.53. The molecule has 0 aliphatic heterocycles. The lowest BCUT2D eigenvalue weighted by atomic mass is 10.1. The van der Waals surface area contributed by atoms with Crippen LogP contribution in [0.25, 0.3) is 10.8 Å². The number of benzene rings is 3. The summed E-state index contributed by atoms with van der Waals surface area (Å²) in [5.41, 5.74) is 0.690. The average molecular weight is 556 g/mol. The van der Waals surface area contributed by atoms with Crippen LogP contribution in [0.3, 0.4) is 0 Å². The molecular weight excluding hydrogens is 522 g/mol. The number of amides is 2. The van der Waals surface area contributed by atoms with Crippen LogP contribution in [-0.4, -0.2) is 55.1 Å². The Morgan fingerprint density at radius 3 is 2.34 bits per heavy atom. The van der Waals surface area contributed by atoms with Crippen molar-refractivity contribution in [3.05, 3.63) is 77.3 Å². The highest BCUT2D eigenvalue weighted by Crippen LogP contribution is 2.24. The van der Waals surface area contributed by atoms with Gasteiger partial charge in [-0.15, -0.1) is 0 Å². The topological polar surface area (TPSA) is 86.8 Å². The predicted molar refractivity (Wildman–Crippen MR) is 150 cm³/mol. The average Bonchev–Trinajstić information content (AvgIpc) is 3.42. The van der Waals surface area contributed by atoms with E-state index in [0.717, 1.165) is 40.8 Å². The van der Waals surface area contributed by atoms with Gasteiger partial charge in [0.2, 0.25) is 21.8 Å². The largest absolute Gasteiger partial charge is 0.352 e. The Bertz CT molecular complexity index is 1410. The Labute approximate surface area is 229 Å². The summed E-state index contributed by atoms with van der Waals surface area (Å²) in [5.74, 6) is -0.690. The Hall–Kier alpha value is -2.94. The van der Waals surface area contributed by atoms with E-state index in [-0.39, 0.29) is 23.4 Å². The number of hydrogen-bond donors (Lipinski definition) is 1. The van der Waals surface area contributed by atoms with Gasteiger partial charge in [0, 0.05) is 24.7 Å². The van der Waals surface area contributed by atoms with Gasteiger partial charge in [0.1, 0.15) is 6.04 Å². The summed E-state index contributed by atoms with van der Waals surface area (Å²) >= 11 is 6.40. The third-order valence-electron chi connectivity index (χ3n) is 7.17. The first-order valence-electron chi connectivity index (χ1n) is 13.0. The van der Waals surface area contributed by atoms with Gasteiger partial charge in [-0.2, -0.15) is 4.31 Å². The van der Waals surface area contributed by atoms with Crippen LogP contribution in [0.4, 0.5) is 0 Å². The van der Waals surface area contributed by atoms with Gasteiger partial charge >= 0.3 is 0 Å². The number of sulfonamides is 1. The maximum atomic E-state index is 13.7. The van der Waals surface area contributed by atoms with Crippen LogP contribution < -0.4 is 5.32 Å². The van der Waals surface area contributed by atoms with E-state index < -0.39 is 28.5 Å². The maximum absolute atomic E-state index is 13.7. The summed E-state index contributed by atoms with van der Waals surface area (Å²) in [6.45, 7) is 1.53. The van der Waals surface area contributed by atoms with E-state index in [4.69, 9.17) is 11.6 Å². The van der Waals surface area contributed by atoms with Gasteiger partial charge < -0.3 is 10.2 Å². The molecule has 0 aromatic heterocycles. The zero-order valence-corrected chi connectivity index (χ0v) is 23.3. The maximum Gasteiger partial charge on any atom is 0.243 e. The first-order chi connectivity index (χ1) is 18.2. The molecule has 38 heavy (non-hydrogen) atoms. The van der Waals surface area contributed by atoms with Crippen molar-refractivity contribution in [3.8, 4) is 0 Å². The van der Waals surface area contributed by atoms with E-state index in [0.29, 0.717) is 17.0 Å². The van der Waals surface area contributed by atoms with Crippen molar-refractivity contribution in [1.82, 2.24) is 14.5 Å². The standard InChI is InChI=1S/C29H34ClN3O4S/c1-3-27(29(35)31-24-13-7-8-14-24)33(19-23-12-6-9-15-26(23)30)28(34)20-32(2)38(36,37)25-17-16-21-10-4-5-11-22(21)18-25/h4-6,9-12,15-18,24,27H,3,7-8,13-14,19-20H2,1-2H3,(H,31,35)/t27-/m0/s1. The summed E-state index contributed by atoms with van der Waals surface area (Å²) in [6.07, 6.45) is 4.37. The summed E-state index contributed by atoms with van der Waals surface area (Å²) in [5, 5.41) is 5.30. The first-order valence-corrected chi connectivity index (χ1v) is 14.8. The molecule has 3 aromatic rings. The van der Waals surface area contributed by atoms with Gasteiger partial charge in [0.15, 0.2) is 0 Å². The molecule has 1 aliphatic rings. The fraction of sp³-hybridized carbons (Fsp3) is 0.379. The Morgan fingerprint density at radius 2 is 1.66 bits per heavy atom. The van der Waals surface area contributed by atoms with E-state index in [2.05, 4.69) is 5.32 Å². The molecule has 0 radical (unpaired) electrons. The summed E-state index contributed by atoms with van der Waals surface area (Å²) in [4.78, 5) is 28.6. The van der Waals surface area contributed by atoms with Crippen LogP contribution >= 0.6 is 11.6 Å². The molecule has 0 bridgehead atoms. The Kier molecular flexibility index (Phi) is 9.07. The van der Waals surface area contributed by atoms with Crippen LogP contribution in [0.15, 0.2) is 71.6 Å². The second kappa shape index (κ2) is 12.3. The van der Waals surface area contributed by atoms with Crippen molar-refractivity contribution in [1.29, 1.82) is 0 Å². The van der Waals surface area contributed by atoms with Gasteiger partial charge in [0.25, 0.3) is 0 Å². The lowest BCUT2D eigenvalue weighted by molar-refractivity contribution is -0.141. The molecular formula is C29H34ClN3O4S. The molecule has 0 saturated heterocycles. The molecule has 1 N–H and O–H groups in total. The van der Waals surface area contributed by atoms with Crippen LogP contribution in [0, 0.1) is 0 Å². The van der Waals surface area contributed by atoms with E-state index in [9.17, 15) is 18.0 Å². The molecule has 1 saturated carbocycles. The van der Waals surface area contributed by atoms with Crippen molar-refractivity contribution in [3.63, 3.8) is 0 Å². The predicted octanol–water partition coefficient (Wildman–Crippen LogP) is 4.98. The van der Waals surface area contributed by atoms with E-state index in [1.165, 1.54) is 11.9 Å². The molecule has 7 nitrogen and oxygen atoms in total. The van der Waals surface area contributed by atoms with E-state index in [1.54, 1.807) is 36.4 Å². The molecule has 0 unspecified atom stereocenters. The number of fused-ring (bicyclic) bond motifs is 1. The van der Waals surface area contributed by atoms with Gasteiger partial charge in [0.05, 0.1) is 11.4 Å². The Morgan fingerprint density at radius 1 is 1.00 bits per heavy atom. The third kappa shape index (κ3) is 6.37. The van der Waals surface area contributed by atoms with Crippen LogP contribution in [0.2, 0.25) is 5.02 Å². The van der Waals surface area contributed by atoms with Crippen LogP contribution in [0.5, 0.6) is 0 Å². The van der Waals surface area contributed by atoms with E-state index >= 15 is 0 Å². The molecule has 202 valence electrons. The number of nitrogens with one attached hydrogen (secondary N) is 1. The van der Waals surface area contributed by atoms with Crippen molar-refractivity contribution in [2.75, 3.05) is 13.6 Å². The second-order valence-electron chi connectivity index (χ2n) is 9.80.